The first-order chi connectivity index (χ1) is 12.0. The van der Waals surface area contributed by atoms with Crippen LogP contribution in [0.2, 0.25) is 0 Å². The summed E-state index contributed by atoms with van der Waals surface area (Å²) >= 11 is 0. The maximum Gasteiger partial charge on any atom is 0.108 e. The maximum atomic E-state index is 11.0. The third-order valence-electron chi connectivity index (χ3n) is 8.63. The molecule has 3 saturated carbocycles. The van der Waals surface area contributed by atoms with Gasteiger partial charge in [-0.05, 0) is 81.5 Å². The van der Waals surface area contributed by atoms with E-state index in [-0.39, 0.29) is 0 Å². The van der Waals surface area contributed by atoms with Crippen LogP contribution in [0.3, 0.4) is 0 Å². The Labute approximate surface area is 154 Å². The average molecular weight is 346 g/mol. The standard InChI is InChI=1S/C23H37O2/c1-4-17-7-9-21-20-8-6-16-14-23(24,15-25-5-2)13-11-18(16)19(20)10-12-22(17,21)3/h4,7,16,18-21,24H,5-6,8-15H2,1-3H3/q+1/t16-,18+,19-,20-,21+,22-,23+/m1/s1. The van der Waals surface area contributed by atoms with Crippen LogP contribution in [-0.4, -0.2) is 23.9 Å². The van der Waals surface area contributed by atoms with Gasteiger partial charge >= 0.3 is 0 Å². The molecule has 4 rings (SSSR count). The lowest BCUT2D eigenvalue weighted by Gasteiger charge is -2.56. The third-order valence-corrected chi connectivity index (χ3v) is 8.63. The van der Waals surface area contributed by atoms with Gasteiger partial charge in [0.15, 0.2) is 0 Å². The van der Waals surface area contributed by atoms with Gasteiger partial charge in [0.05, 0.1) is 12.2 Å². The summed E-state index contributed by atoms with van der Waals surface area (Å²) in [6, 6.07) is 0. The Morgan fingerprint density at radius 3 is 2.72 bits per heavy atom. The van der Waals surface area contributed by atoms with Gasteiger partial charge in [0.2, 0.25) is 0 Å². The monoisotopic (exact) mass is 345 g/mol. The van der Waals surface area contributed by atoms with Crippen molar-refractivity contribution in [2.45, 2.75) is 77.7 Å². The van der Waals surface area contributed by atoms with Crippen molar-refractivity contribution < 1.29 is 9.84 Å². The largest absolute Gasteiger partial charge is 0.387 e. The molecule has 0 bridgehead atoms. The molecule has 2 nitrogen and oxygen atoms in total. The zero-order chi connectivity index (χ0) is 17.7. The van der Waals surface area contributed by atoms with Crippen LogP contribution in [0.4, 0.5) is 0 Å². The lowest BCUT2D eigenvalue weighted by Crippen LogP contribution is -2.51. The zero-order valence-electron chi connectivity index (χ0n) is 16.5. The Bertz CT molecular complexity index is 526. The lowest BCUT2D eigenvalue weighted by molar-refractivity contribution is -0.124. The molecule has 4 aliphatic rings. The van der Waals surface area contributed by atoms with Gasteiger partial charge in [0.25, 0.3) is 0 Å². The predicted molar refractivity (Wildman–Crippen MR) is 102 cm³/mol. The average Bonchev–Trinajstić information content (AvgIpc) is 2.96. The molecule has 0 aromatic carbocycles. The summed E-state index contributed by atoms with van der Waals surface area (Å²) in [7, 11) is 0. The number of fused-ring (bicyclic) bond motifs is 5. The first-order valence-electron chi connectivity index (χ1n) is 10.8. The highest BCUT2D eigenvalue weighted by molar-refractivity contribution is 5.30. The number of ether oxygens (including phenoxy) is 1. The van der Waals surface area contributed by atoms with E-state index in [9.17, 15) is 5.11 Å². The second-order valence-electron chi connectivity index (χ2n) is 9.68. The van der Waals surface area contributed by atoms with Crippen LogP contribution < -0.4 is 0 Å². The van der Waals surface area contributed by atoms with Crippen molar-refractivity contribution in [3.63, 3.8) is 0 Å². The van der Waals surface area contributed by atoms with Gasteiger partial charge in [0, 0.05) is 37.9 Å². The molecule has 25 heavy (non-hydrogen) atoms. The highest BCUT2D eigenvalue weighted by Crippen LogP contribution is 2.63. The number of hydrogen-bond donors (Lipinski definition) is 1. The molecular formula is C23H37O2+. The molecule has 2 heteroatoms. The van der Waals surface area contributed by atoms with E-state index in [0.717, 1.165) is 42.4 Å². The van der Waals surface area contributed by atoms with Crippen molar-refractivity contribution in [3.05, 3.63) is 18.1 Å². The van der Waals surface area contributed by atoms with Crippen LogP contribution in [0, 0.1) is 41.4 Å². The summed E-state index contributed by atoms with van der Waals surface area (Å²) in [5.74, 6) is 4.31. The molecule has 0 radical (unpaired) electrons. The fraction of sp³-hybridized carbons (Fsp3) is 0.870. The van der Waals surface area contributed by atoms with Crippen molar-refractivity contribution in [2.75, 3.05) is 13.2 Å². The van der Waals surface area contributed by atoms with Crippen LogP contribution >= 0.6 is 0 Å². The van der Waals surface area contributed by atoms with Crippen molar-refractivity contribution in [1.82, 2.24) is 0 Å². The van der Waals surface area contributed by atoms with Crippen LogP contribution in [0.25, 0.3) is 0 Å². The second kappa shape index (κ2) is 6.60. The second-order valence-corrected chi connectivity index (χ2v) is 9.68. The van der Waals surface area contributed by atoms with Gasteiger partial charge < -0.3 is 9.84 Å². The molecule has 7 atom stereocenters. The first-order valence-corrected chi connectivity index (χ1v) is 10.8. The zero-order valence-corrected chi connectivity index (χ0v) is 16.5. The van der Waals surface area contributed by atoms with E-state index >= 15 is 0 Å². The highest BCUT2D eigenvalue weighted by Gasteiger charge is 2.57. The van der Waals surface area contributed by atoms with Gasteiger partial charge in [0.1, 0.15) is 5.57 Å². The van der Waals surface area contributed by atoms with Crippen molar-refractivity contribution in [3.8, 4) is 0 Å². The van der Waals surface area contributed by atoms with E-state index in [4.69, 9.17) is 4.74 Å². The van der Waals surface area contributed by atoms with Crippen LogP contribution in [-0.2, 0) is 4.74 Å². The number of allylic oxidation sites excluding steroid dienone is 2. The molecule has 3 fully saturated rings. The van der Waals surface area contributed by atoms with E-state index in [0.29, 0.717) is 18.6 Å². The molecule has 0 spiro atoms. The smallest absolute Gasteiger partial charge is 0.108 e. The fourth-order valence-corrected chi connectivity index (χ4v) is 7.43. The van der Waals surface area contributed by atoms with Gasteiger partial charge in [-0.25, -0.2) is 0 Å². The quantitative estimate of drug-likeness (QED) is 0.713. The van der Waals surface area contributed by atoms with Crippen molar-refractivity contribution in [1.29, 1.82) is 0 Å². The number of hydrogen-bond acceptors (Lipinski definition) is 2. The van der Waals surface area contributed by atoms with E-state index < -0.39 is 5.60 Å². The summed E-state index contributed by atoms with van der Waals surface area (Å²) in [5.41, 5.74) is 1.53. The molecule has 0 aromatic rings. The van der Waals surface area contributed by atoms with Gasteiger partial charge in [-0.2, -0.15) is 0 Å². The minimum atomic E-state index is -0.549. The molecule has 4 aliphatic carbocycles. The summed E-state index contributed by atoms with van der Waals surface area (Å²) in [5, 5.41) is 11.0. The van der Waals surface area contributed by atoms with E-state index in [2.05, 4.69) is 26.3 Å². The molecule has 0 saturated heterocycles. The minimum absolute atomic E-state index is 0.452. The van der Waals surface area contributed by atoms with Gasteiger partial charge in [-0.1, -0.05) is 6.92 Å². The highest BCUT2D eigenvalue weighted by atomic mass is 16.5. The molecular weight excluding hydrogens is 308 g/mol. The molecule has 0 unspecified atom stereocenters. The first kappa shape index (κ1) is 17.9. The molecule has 1 N–H and O–H groups in total. The maximum absolute atomic E-state index is 11.0. The van der Waals surface area contributed by atoms with Crippen LogP contribution in [0.5, 0.6) is 0 Å². The summed E-state index contributed by atoms with van der Waals surface area (Å²) in [6.45, 7) is 8.05. The third kappa shape index (κ3) is 2.88. The van der Waals surface area contributed by atoms with Gasteiger partial charge in [-0.3, -0.25) is 0 Å². The molecule has 0 heterocycles. The van der Waals surface area contributed by atoms with E-state index in [1.807, 2.05) is 6.92 Å². The topological polar surface area (TPSA) is 29.5 Å². The minimum Gasteiger partial charge on any atom is -0.387 e. The lowest BCUT2D eigenvalue weighted by atomic mass is 9.49. The Morgan fingerprint density at radius 2 is 1.96 bits per heavy atom. The summed E-state index contributed by atoms with van der Waals surface area (Å²) in [4.78, 5) is 0. The predicted octanol–water partition coefficient (Wildman–Crippen LogP) is 5.17. The van der Waals surface area contributed by atoms with Crippen molar-refractivity contribution in [2.24, 2.45) is 35.0 Å². The van der Waals surface area contributed by atoms with Crippen molar-refractivity contribution >= 4 is 0 Å². The number of aliphatic hydroxyl groups is 1. The fourth-order valence-electron chi connectivity index (χ4n) is 7.43. The van der Waals surface area contributed by atoms with Crippen LogP contribution in [0.15, 0.2) is 11.6 Å². The Kier molecular flexibility index (Phi) is 4.73. The molecule has 0 amide bonds. The summed E-state index contributed by atoms with van der Waals surface area (Å²) in [6.07, 6.45) is 14.9. The number of rotatable bonds is 4. The molecule has 140 valence electrons. The van der Waals surface area contributed by atoms with Gasteiger partial charge in [-0.15, -0.1) is 0 Å². The summed E-state index contributed by atoms with van der Waals surface area (Å²) < 4.78 is 5.60. The van der Waals surface area contributed by atoms with Crippen LogP contribution in [0.1, 0.15) is 72.1 Å². The van der Waals surface area contributed by atoms with E-state index in [1.165, 1.54) is 38.5 Å². The Morgan fingerprint density at radius 1 is 1.16 bits per heavy atom. The normalized spacial score (nSPS) is 49.0. The Hall–Kier alpha value is -0.470. The SMILES string of the molecule is C[CH+]C1=CC[C@H]2[C@@H]3CC[C@@H]4C[C@](O)(COCC)CC[C@@H]4[C@H]3CC[C@]12C. The van der Waals surface area contributed by atoms with E-state index in [1.54, 1.807) is 5.57 Å². The Balaban J connectivity index is 1.47. The molecule has 0 aliphatic heterocycles. The molecule has 0 aromatic heterocycles.